The quantitative estimate of drug-likeness (QED) is 0.884. The second kappa shape index (κ2) is 5.49. The van der Waals surface area contributed by atoms with Gasteiger partial charge in [0.25, 0.3) is 0 Å². The minimum absolute atomic E-state index is 0.370. The summed E-state index contributed by atoms with van der Waals surface area (Å²) in [7, 11) is 0. The molecule has 0 aliphatic carbocycles. The van der Waals surface area contributed by atoms with E-state index in [0.717, 1.165) is 16.1 Å². The summed E-state index contributed by atoms with van der Waals surface area (Å²) in [4.78, 5) is 16.7. The number of carbonyl (C=O) groups is 1. The van der Waals surface area contributed by atoms with Gasteiger partial charge >= 0.3 is 6.09 Å². The van der Waals surface area contributed by atoms with Gasteiger partial charge in [-0.25, -0.2) is 9.78 Å². The van der Waals surface area contributed by atoms with E-state index >= 15 is 0 Å². The first-order chi connectivity index (χ1) is 8.23. The van der Waals surface area contributed by atoms with E-state index in [4.69, 9.17) is 10.5 Å². The van der Waals surface area contributed by atoms with Gasteiger partial charge in [0.05, 0.1) is 10.6 Å². The second-order valence-electron chi connectivity index (χ2n) is 4.87. The van der Waals surface area contributed by atoms with Gasteiger partial charge in [-0.05, 0) is 33.3 Å². The highest BCUT2D eigenvalue weighted by atomic mass is 32.1. The average molecular weight is 269 g/mol. The topological polar surface area (TPSA) is 77.2 Å². The van der Waals surface area contributed by atoms with Gasteiger partial charge in [-0.15, -0.1) is 0 Å². The van der Waals surface area contributed by atoms with Gasteiger partial charge in [-0.1, -0.05) is 17.9 Å². The lowest BCUT2D eigenvalue weighted by molar-refractivity contribution is 0.0636. The van der Waals surface area contributed by atoms with Gasteiger partial charge in [-0.2, -0.15) is 0 Å². The minimum Gasteiger partial charge on any atom is -0.444 e. The lowest BCUT2D eigenvalue weighted by atomic mass is 10.2. The Morgan fingerprint density at radius 3 is 2.67 bits per heavy atom. The number of nitrogens with two attached hydrogens (primary N) is 1. The van der Waals surface area contributed by atoms with E-state index in [2.05, 4.69) is 16.9 Å². The van der Waals surface area contributed by atoms with Crippen molar-refractivity contribution in [1.82, 2.24) is 4.98 Å². The number of aryl methyl sites for hydroxylation is 1. The molecule has 0 spiro atoms. The van der Waals surface area contributed by atoms with E-state index in [0.29, 0.717) is 11.7 Å². The molecule has 0 aliphatic rings. The number of thiazole rings is 1. The van der Waals surface area contributed by atoms with Crippen molar-refractivity contribution in [3.63, 3.8) is 0 Å². The predicted octanol–water partition coefficient (Wildman–Crippen LogP) is 2.77. The molecule has 0 bridgehead atoms. The number of carbonyl (C=O) groups excluding carboxylic acids is 1. The molecule has 6 heteroatoms. The molecule has 0 aromatic carbocycles. The molecule has 0 unspecified atom stereocenters. The molecule has 0 radical (unpaired) electrons. The van der Waals surface area contributed by atoms with Crippen LogP contribution in [0, 0.1) is 6.92 Å². The third-order valence-corrected chi connectivity index (χ3v) is 3.15. The van der Waals surface area contributed by atoms with Crippen LogP contribution in [-0.4, -0.2) is 23.2 Å². The molecule has 0 saturated heterocycles. The Morgan fingerprint density at radius 1 is 1.56 bits per heavy atom. The highest BCUT2D eigenvalue weighted by Crippen LogP contribution is 2.28. The lowest BCUT2D eigenvalue weighted by Gasteiger charge is -2.18. The summed E-state index contributed by atoms with van der Waals surface area (Å²) >= 11 is 1.34. The molecule has 18 heavy (non-hydrogen) atoms. The van der Waals surface area contributed by atoms with Crippen LogP contribution in [0.2, 0.25) is 0 Å². The molecule has 1 amide bonds. The molecule has 0 fully saturated rings. The van der Waals surface area contributed by atoms with E-state index in [9.17, 15) is 4.79 Å². The van der Waals surface area contributed by atoms with Crippen LogP contribution in [0.4, 0.5) is 9.93 Å². The van der Waals surface area contributed by atoms with Crippen molar-refractivity contribution >= 4 is 28.1 Å². The summed E-state index contributed by atoms with van der Waals surface area (Å²) in [5.74, 6) is 0. The maximum atomic E-state index is 11.6. The third kappa shape index (κ3) is 4.12. The number of rotatable bonds is 3. The van der Waals surface area contributed by atoms with Crippen molar-refractivity contribution in [2.45, 2.75) is 33.3 Å². The van der Waals surface area contributed by atoms with Crippen LogP contribution in [0.5, 0.6) is 0 Å². The molecule has 1 heterocycles. The second-order valence-corrected chi connectivity index (χ2v) is 5.87. The van der Waals surface area contributed by atoms with Crippen LogP contribution in [-0.2, 0) is 4.74 Å². The Bertz CT molecular complexity index is 460. The zero-order chi connectivity index (χ0) is 13.9. The van der Waals surface area contributed by atoms with E-state index in [1.54, 1.807) is 20.8 Å². The first-order valence-electron chi connectivity index (χ1n) is 5.58. The fourth-order valence-electron chi connectivity index (χ4n) is 1.26. The van der Waals surface area contributed by atoms with Crippen LogP contribution >= 0.6 is 11.3 Å². The molecule has 0 saturated carbocycles. The highest BCUT2D eigenvalue weighted by Gasteiger charge is 2.18. The van der Waals surface area contributed by atoms with Gasteiger partial charge in [0.1, 0.15) is 5.60 Å². The van der Waals surface area contributed by atoms with Crippen molar-refractivity contribution in [3.8, 4) is 0 Å². The Balaban J connectivity index is 2.75. The summed E-state index contributed by atoms with van der Waals surface area (Å²) in [6, 6.07) is 0. The zero-order valence-electron chi connectivity index (χ0n) is 11.2. The number of ether oxygens (including phenoxy) is 1. The van der Waals surface area contributed by atoms with Crippen molar-refractivity contribution in [2.24, 2.45) is 5.73 Å². The van der Waals surface area contributed by atoms with Crippen molar-refractivity contribution in [2.75, 3.05) is 11.9 Å². The smallest absolute Gasteiger partial charge is 0.413 e. The molecular weight excluding hydrogens is 250 g/mol. The van der Waals surface area contributed by atoms with Crippen molar-refractivity contribution in [1.29, 1.82) is 0 Å². The Hall–Kier alpha value is -1.40. The molecule has 0 atom stereocenters. The van der Waals surface area contributed by atoms with E-state index < -0.39 is 11.7 Å². The molecule has 100 valence electrons. The Kier molecular flexibility index (Phi) is 4.48. The highest BCUT2D eigenvalue weighted by molar-refractivity contribution is 7.16. The number of amides is 1. The zero-order valence-corrected chi connectivity index (χ0v) is 12.0. The largest absolute Gasteiger partial charge is 0.444 e. The maximum absolute atomic E-state index is 11.6. The summed E-state index contributed by atoms with van der Waals surface area (Å²) in [6.07, 6.45) is -0.513. The maximum Gasteiger partial charge on any atom is 0.413 e. The standard InChI is InChI=1S/C12H19N3O2S/c1-7(6-13)9-8(2)14-10(18-9)15-11(16)17-12(3,4)5/h1,6,13H2,2-5H3,(H,14,15,16). The van der Waals surface area contributed by atoms with Crippen LogP contribution in [0.1, 0.15) is 31.3 Å². The number of hydrogen-bond acceptors (Lipinski definition) is 5. The molecule has 1 aromatic rings. The molecule has 3 N–H and O–H groups in total. The van der Waals surface area contributed by atoms with Gasteiger partial charge in [0, 0.05) is 6.54 Å². The monoisotopic (exact) mass is 269 g/mol. The van der Waals surface area contributed by atoms with Gasteiger partial charge in [0.15, 0.2) is 5.13 Å². The summed E-state index contributed by atoms with van der Waals surface area (Å²) < 4.78 is 5.15. The molecule has 0 aliphatic heterocycles. The summed E-state index contributed by atoms with van der Waals surface area (Å²) in [5.41, 5.74) is 6.62. The van der Waals surface area contributed by atoms with Crippen LogP contribution in [0.15, 0.2) is 6.58 Å². The fraction of sp³-hybridized carbons (Fsp3) is 0.500. The first-order valence-corrected chi connectivity index (χ1v) is 6.40. The van der Waals surface area contributed by atoms with Gasteiger partial charge < -0.3 is 10.5 Å². The number of aromatic nitrogens is 1. The third-order valence-electron chi connectivity index (χ3n) is 1.97. The normalized spacial score (nSPS) is 11.2. The molecule has 1 aromatic heterocycles. The Labute approximate surface area is 111 Å². The Morgan fingerprint density at radius 2 is 2.17 bits per heavy atom. The van der Waals surface area contributed by atoms with Gasteiger partial charge in [0.2, 0.25) is 0 Å². The minimum atomic E-state index is -0.528. The number of anilines is 1. The van der Waals surface area contributed by atoms with Gasteiger partial charge in [-0.3, -0.25) is 5.32 Å². The average Bonchev–Trinajstić information content (AvgIpc) is 2.55. The number of nitrogens with one attached hydrogen (secondary N) is 1. The van der Waals surface area contributed by atoms with Crippen LogP contribution < -0.4 is 11.1 Å². The SMILES string of the molecule is C=C(CN)c1sc(NC(=O)OC(C)(C)C)nc1C. The summed E-state index contributed by atoms with van der Waals surface area (Å²) in [6.45, 7) is 11.5. The van der Waals surface area contributed by atoms with Crippen LogP contribution in [0.3, 0.4) is 0 Å². The summed E-state index contributed by atoms with van der Waals surface area (Å²) in [5, 5.41) is 3.09. The fourth-order valence-corrected chi connectivity index (χ4v) is 2.19. The van der Waals surface area contributed by atoms with E-state index in [-0.39, 0.29) is 0 Å². The molecule has 1 rings (SSSR count). The van der Waals surface area contributed by atoms with Crippen LogP contribution in [0.25, 0.3) is 5.57 Å². The van der Waals surface area contributed by atoms with Crippen molar-refractivity contribution in [3.05, 3.63) is 17.2 Å². The van der Waals surface area contributed by atoms with E-state index in [1.165, 1.54) is 11.3 Å². The lowest BCUT2D eigenvalue weighted by Crippen LogP contribution is -2.27. The predicted molar refractivity (Wildman–Crippen MR) is 74.8 cm³/mol. The van der Waals surface area contributed by atoms with Crippen molar-refractivity contribution < 1.29 is 9.53 Å². The first kappa shape index (κ1) is 14.7. The molecule has 5 nitrogen and oxygen atoms in total. The molecular formula is C12H19N3O2S. The van der Waals surface area contributed by atoms with E-state index in [1.807, 2.05) is 6.92 Å². The number of nitrogens with zero attached hydrogens (tertiary/aromatic N) is 1. The number of hydrogen-bond donors (Lipinski definition) is 2.